The van der Waals surface area contributed by atoms with Crippen LogP contribution in [0.3, 0.4) is 0 Å². The van der Waals surface area contributed by atoms with E-state index in [1.54, 1.807) is 79.7 Å². The Kier molecular flexibility index (Phi) is 9.24. The highest BCUT2D eigenvalue weighted by molar-refractivity contribution is 7.92. The number of hydrazone groups is 1. The van der Waals surface area contributed by atoms with Gasteiger partial charge in [0.15, 0.2) is 0 Å². The molecule has 0 heterocycles. The third kappa shape index (κ3) is 6.89. The fourth-order valence-corrected chi connectivity index (χ4v) is 5.59. The van der Waals surface area contributed by atoms with Gasteiger partial charge in [-0.25, -0.2) is 13.8 Å². The van der Waals surface area contributed by atoms with Crippen LogP contribution in [0.5, 0.6) is 5.75 Å². The van der Waals surface area contributed by atoms with Crippen molar-refractivity contribution in [3.05, 3.63) is 124 Å². The SMILES string of the molecule is CCOc1ccc(/C(C)=N/NC(=O)c2ccccc2N(Cc2ccc(Cl)cc2)S(=O)(=O)c2ccc(C)cc2)cc1. The molecule has 1 amide bonds. The van der Waals surface area contributed by atoms with Crippen LogP contribution in [-0.2, 0) is 16.6 Å². The van der Waals surface area contributed by atoms with E-state index >= 15 is 0 Å². The number of halogens is 1. The molecule has 0 saturated heterocycles. The summed E-state index contributed by atoms with van der Waals surface area (Å²) in [5.41, 5.74) is 6.00. The van der Waals surface area contributed by atoms with E-state index in [4.69, 9.17) is 16.3 Å². The van der Waals surface area contributed by atoms with E-state index in [-0.39, 0.29) is 22.7 Å². The van der Waals surface area contributed by atoms with E-state index < -0.39 is 15.9 Å². The molecule has 1 N–H and O–H groups in total. The molecule has 0 atom stereocenters. The van der Waals surface area contributed by atoms with Gasteiger partial charge < -0.3 is 4.74 Å². The maximum atomic E-state index is 13.9. The van der Waals surface area contributed by atoms with Gasteiger partial charge in [-0.2, -0.15) is 5.10 Å². The quantitative estimate of drug-likeness (QED) is 0.170. The smallest absolute Gasteiger partial charge is 0.273 e. The Morgan fingerprint density at radius 1 is 0.925 bits per heavy atom. The van der Waals surface area contributed by atoms with Crippen LogP contribution in [0.2, 0.25) is 5.02 Å². The minimum absolute atomic E-state index is 0.00779. The van der Waals surface area contributed by atoms with Gasteiger partial charge in [-0.05, 0) is 92.6 Å². The second-order valence-corrected chi connectivity index (χ2v) is 11.4. The average Bonchev–Trinajstić information content (AvgIpc) is 2.96. The van der Waals surface area contributed by atoms with Gasteiger partial charge >= 0.3 is 0 Å². The Balaban J connectivity index is 1.68. The second kappa shape index (κ2) is 12.8. The lowest BCUT2D eigenvalue weighted by atomic mass is 10.1. The first-order chi connectivity index (χ1) is 19.2. The lowest BCUT2D eigenvalue weighted by Crippen LogP contribution is -2.33. The molecule has 4 aromatic rings. The number of ether oxygens (including phenoxy) is 1. The first kappa shape index (κ1) is 28.9. The molecule has 0 bridgehead atoms. The number of para-hydroxylation sites is 1. The van der Waals surface area contributed by atoms with E-state index in [0.717, 1.165) is 16.9 Å². The highest BCUT2D eigenvalue weighted by Gasteiger charge is 2.28. The summed E-state index contributed by atoms with van der Waals surface area (Å²) in [6, 6.07) is 27.5. The summed E-state index contributed by atoms with van der Waals surface area (Å²) in [4.78, 5) is 13.5. The van der Waals surface area contributed by atoms with Gasteiger partial charge in [-0.1, -0.05) is 53.6 Å². The minimum atomic E-state index is -4.05. The number of benzene rings is 4. The summed E-state index contributed by atoms with van der Waals surface area (Å²) < 4.78 is 34.6. The zero-order valence-electron chi connectivity index (χ0n) is 22.5. The number of aryl methyl sites for hydroxylation is 1. The number of carbonyl (C=O) groups excluding carboxylic acids is 1. The molecule has 0 spiro atoms. The summed E-state index contributed by atoms with van der Waals surface area (Å²) >= 11 is 6.06. The molecule has 206 valence electrons. The summed E-state index contributed by atoms with van der Waals surface area (Å²) in [6.07, 6.45) is 0. The molecule has 4 rings (SSSR count). The first-order valence-corrected chi connectivity index (χ1v) is 14.5. The summed E-state index contributed by atoms with van der Waals surface area (Å²) in [5, 5.41) is 4.80. The largest absolute Gasteiger partial charge is 0.494 e. The molecule has 0 unspecified atom stereocenters. The van der Waals surface area contributed by atoms with Gasteiger partial charge in [0.25, 0.3) is 15.9 Å². The lowest BCUT2D eigenvalue weighted by Gasteiger charge is -2.26. The molecule has 40 heavy (non-hydrogen) atoms. The lowest BCUT2D eigenvalue weighted by molar-refractivity contribution is 0.0955. The number of hydrogen-bond acceptors (Lipinski definition) is 5. The number of sulfonamides is 1. The van der Waals surface area contributed by atoms with Crippen molar-refractivity contribution in [1.29, 1.82) is 0 Å². The van der Waals surface area contributed by atoms with Crippen LogP contribution in [0.1, 0.15) is 40.9 Å². The fraction of sp³-hybridized carbons (Fsp3) is 0.161. The maximum absolute atomic E-state index is 13.9. The molecular weight excluding hydrogens is 546 g/mol. The number of carbonyl (C=O) groups is 1. The number of nitrogens with zero attached hydrogens (tertiary/aromatic N) is 2. The van der Waals surface area contributed by atoms with Gasteiger partial charge in [0.2, 0.25) is 0 Å². The molecule has 9 heteroatoms. The number of amides is 1. The van der Waals surface area contributed by atoms with Gasteiger partial charge in [0, 0.05) is 5.02 Å². The fourth-order valence-electron chi connectivity index (χ4n) is 3.99. The van der Waals surface area contributed by atoms with E-state index in [1.165, 1.54) is 4.31 Å². The molecule has 4 aromatic carbocycles. The molecule has 0 aliphatic carbocycles. The second-order valence-electron chi connectivity index (χ2n) is 9.06. The van der Waals surface area contributed by atoms with Crippen LogP contribution in [0.15, 0.2) is 107 Å². The highest BCUT2D eigenvalue weighted by atomic mass is 35.5. The van der Waals surface area contributed by atoms with Crippen molar-refractivity contribution in [2.75, 3.05) is 10.9 Å². The Morgan fingerprint density at radius 2 is 1.57 bits per heavy atom. The van der Waals surface area contributed by atoms with Crippen LogP contribution in [0.4, 0.5) is 5.69 Å². The van der Waals surface area contributed by atoms with Gasteiger partial charge in [-0.3, -0.25) is 9.10 Å². The van der Waals surface area contributed by atoms with Crippen LogP contribution >= 0.6 is 11.6 Å². The predicted octanol–water partition coefficient (Wildman–Crippen LogP) is 6.60. The zero-order chi connectivity index (χ0) is 28.7. The number of hydrogen-bond donors (Lipinski definition) is 1. The molecule has 0 aliphatic rings. The maximum Gasteiger partial charge on any atom is 0.273 e. The van der Waals surface area contributed by atoms with Crippen molar-refractivity contribution in [2.24, 2.45) is 5.10 Å². The van der Waals surface area contributed by atoms with Crippen LogP contribution in [0.25, 0.3) is 0 Å². The third-order valence-electron chi connectivity index (χ3n) is 6.17. The van der Waals surface area contributed by atoms with E-state index in [0.29, 0.717) is 22.9 Å². The molecule has 0 radical (unpaired) electrons. The molecule has 0 aliphatic heterocycles. The van der Waals surface area contributed by atoms with Crippen LogP contribution < -0.4 is 14.5 Å². The minimum Gasteiger partial charge on any atom is -0.494 e. The standard InChI is InChI=1S/C31H30ClN3O4S/c1-4-39-27-17-13-25(14-18-27)23(3)33-34-31(36)29-7-5-6-8-30(29)35(21-24-11-15-26(32)16-12-24)40(37,38)28-19-9-22(2)10-20-28/h5-20H,4,21H2,1-3H3,(H,34,36)/b33-23+. The van der Waals surface area contributed by atoms with Gasteiger partial charge in [0.1, 0.15) is 5.75 Å². The highest BCUT2D eigenvalue weighted by Crippen LogP contribution is 2.30. The predicted molar refractivity (Wildman–Crippen MR) is 160 cm³/mol. The monoisotopic (exact) mass is 575 g/mol. The van der Waals surface area contributed by atoms with Crippen molar-refractivity contribution in [3.8, 4) is 5.75 Å². The van der Waals surface area contributed by atoms with Gasteiger partial charge in [0.05, 0.1) is 35.0 Å². The molecule has 0 aromatic heterocycles. The van der Waals surface area contributed by atoms with Crippen molar-refractivity contribution in [2.45, 2.75) is 32.2 Å². The Morgan fingerprint density at radius 3 is 2.23 bits per heavy atom. The van der Waals surface area contributed by atoms with Crippen LogP contribution in [-0.4, -0.2) is 26.6 Å². The topological polar surface area (TPSA) is 88.1 Å². The van der Waals surface area contributed by atoms with Crippen molar-refractivity contribution in [3.63, 3.8) is 0 Å². The molecule has 0 fully saturated rings. The van der Waals surface area contributed by atoms with E-state index in [1.807, 2.05) is 38.1 Å². The van der Waals surface area contributed by atoms with Gasteiger partial charge in [-0.15, -0.1) is 0 Å². The average molecular weight is 576 g/mol. The zero-order valence-corrected chi connectivity index (χ0v) is 24.0. The number of nitrogens with one attached hydrogen (secondary N) is 1. The van der Waals surface area contributed by atoms with Crippen LogP contribution in [0, 0.1) is 6.92 Å². The number of rotatable bonds is 10. The Hall–Kier alpha value is -4.14. The summed E-state index contributed by atoms with van der Waals surface area (Å²) in [6.45, 7) is 6.13. The summed E-state index contributed by atoms with van der Waals surface area (Å²) in [7, 11) is -4.05. The molecular formula is C31H30ClN3O4S. The van der Waals surface area contributed by atoms with E-state index in [9.17, 15) is 13.2 Å². The summed E-state index contributed by atoms with van der Waals surface area (Å²) in [5.74, 6) is 0.202. The van der Waals surface area contributed by atoms with Crippen molar-refractivity contribution < 1.29 is 17.9 Å². The number of anilines is 1. The molecule has 7 nitrogen and oxygen atoms in total. The Labute approximate surface area is 240 Å². The first-order valence-electron chi connectivity index (χ1n) is 12.7. The Bertz CT molecular complexity index is 1600. The third-order valence-corrected chi connectivity index (χ3v) is 8.20. The van der Waals surface area contributed by atoms with Crippen molar-refractivity contribution >= 4 is 38.9 Å². The normalized spacial score (nSPS) is 11.7. The molecule has 0 saturated carbocycles. The van der Waals surface area contributed by atoms with E-state index in [2.05, 4.69) is 10.5 Å². The van der Waals surface area contributed by atoms with Crippen molar-refractivity contribution in [1.82, 2.24) is 5.43 Å².